The lowest BCUT2D eigenvalue weighted by atomic mass is 9.95. The van der Waals surface area contributed by atoms with Gasteiger partial charge in [-0.25, -0.2) is 4.79 Å². The number of hydrogen-bond donors (Lipinski definition) is 1. The highest BCUT2D eigenvalue weighted by molar-refractivity contribution is 5.98. The number of ether oxygens (including phenoxy) is 2. The molecule has 1 N–H and O–H groups in total. The number of methoxy groups -OCH3 is 1. The number of carbonyl (C=O) groups is 2. The van der Waals surface area contributed by atoms with Crippen molar-refractivity contribution in [2.45, 2.75) is 27.7 Å². The van der Waals surface area contributed by atoms with Gasteiger partial charge in [0.25, 0.3) is 0 Å². The number of rotatable bonds is 5. The van der Waals surface area contributed by atoms with E-state index in [0.29, 0.717) is 23.6 Å². The van der Waals surface area contributed by atoms with E-state index >= 15 is 0 Å². The van der Waals surface area contributed by atoms with Crippen LogP contribution in [0.3, 0.4) is 0 Å². The van der Waals surface area contributed by atoms with Gasteiger partial charge in [-0.05, 0) is 25.1 Å². The van der Waals surface area contributed by atoms with E-state index < -0.39 is 11.4 Å². The number of benzene rings is 1. The molecule has 0 atom stereocenters. The van der Waals surface area contributed by atoms with E-state index in [-0.39, 0.29) is 5.91 Å². The molecular formula is C17H23NO4. The van der Waals surface area contributed by atoms with E-state index in [9.17, 15) is 9.59 Å². The lowest BCUT2D eigenvalue weighted by molar-refractivity contribution is -0.137. The van der Waals surface area contributed by atoms with Crippen LogP contribution in [0.5, 0.6) is 5.75 Å². The van der Waals surface area contributed by atoms with Crippen molar-refractivity contribution in [1.29, 1.82) is 0 Å². The van der Waals surface area contributed by atoms with E-state index in [1.54, 1.807) is 31.2 Å². The molecular weight excluding hydrogens is 282 g/mol. The minimum Gasteiger partial charge on any atom is -0.496 e. The van der Waals surface area contributed by atoms with Crippen LogP contribution in [0, 0.1) is 5.41 Å². The molecule has 1 amide bonds. The van der Waals surface area contributed by atoms with Gasteiger partial charge in [-0.1, -0.05) is 26.8 Å². The lowest BCUT2D eigenvalue weighted by Crippen LogP contribution is -2.27. The van der Waals surface area contributed by atoms with Crippen LogP contribution < -0.4 is 10.1 Å². The predicted molar refractivity (Wildman–Crippen MR) is 86.7 cm³/mol. The Morgan fingerprint density at radius 1 is 1.27 bits per heavy atom. The van der Waals surface area contributed by atoms with Crippen molar-refractivity contribution in [3.63, 3.8) is 0 Å². The highest BCUT2D eigenvalue weighted by Crippen LogP contribution is 2.29. The van der Waals surface area contributed by atoms with Gasteiger partial charge in [0, 0.05) is 17.1 Å². The van der Waals surface area contributed by atoms with E-state index in [4.69, 9.17) is 9.47 Å². The van der Waals surface area contributed by atoms with Gasteiger partial charge < -0.3 is 14.8 Å². The third-order valence-electron chi connectivity index (χ3n) is 2.89. The van der Waals surface area contributed by atoms with Gasteiger partial charge in [0.1, 0.15) is 5.75 Å². The van der Waals surface area contributed by atoms with E-state index in [1.807, 2.05) is 20.8 Å². The summed E-state index contributed by atoms with van der Waals surface area (Å²) < 4.78 is 10.1. The number of anilines is 1. The predicted octanol–water partition coefficient (Wildman–Crippen LogP) is 3.26. The Balaban J connectivity index is 3.12. The van der Waals surface area contributed by atoms with Gasteiger partial charge in [-0.2, -0.15) is 0 Å². The van der Waals surface area contributed by atoms with E-state index in [2.05, 4.69) is 5.32 Å². The molecule has 0 fully saturated rings. The maximum absolute atomic E-state index is 12.2. The molecule has 0 aliphatic heterocycles. The fourth-order valence-corrected chi connectivity index (χ4v) is 1.65. The van der Waals surface area contributed by atoms with Crippen molar-refractivity contribution in [1.82, 2.24) is 0 Å². The zero-order chi connectivity index (χ0) is 16.8. The molecule has 1 aromatic carbocycles. The summed E-state index contributed by atoms with van der Waals surface area (Å²) in [5.74, 6) is 0.000277. The maximum Gasteiger partial charge on any atom is 0.330 e. The first-order valence-electron chi connectivity index (χ1n) is 7.13. The SMILES string of the molecule is CCOC(=O)/C=C\c1c(NC(=O)C(C)(C)C)cccc1OC. The highest BCUT2D eigenvalue weighted by atomic mass is 16.5. The molecule has 0 radical (unpaired) electrons. The largest absolute Gasteiger partial charge is 0.496 e. The summed E-state index contributed by atoms with van der Waals surface area (Å²) in [6, 6.07) is 5.30. The van der Waals surface area contributed by atoms with Crippen molar-refractivity contribution in [2.24, 2.45) is 5.41 Å². The van der Waals surface area contributed by atoms with Crippen molar-refractivity contribution >= 4 is 23.6 Å². The van der Waals surface area contributed by atoms with Crippen LogP contribution in [0.15, 0.2) is 24.3 Å². The molecule has 5 nitrogen and oxygen atoms in total. The summed E-state index contributed by atoms with van der Waals surface area (Å²) in [6.45, 7) is 7.54. The Kier molecular flexibility index (Phi) is 6.16. The first kappa shape index (κ1) is 17.8. The summed E-state index contributed by atoms with van der Waals surface area (Å²) in [4.78, 5) is 23.6. The molecule has 120 valence electrons. The molecule has 0 spiro atoms. The normalized spacial score (nSPS) is 11.3. The number of esters is 1. The zero-order valence-electron chi connectivity index (χ0n) is 13.7. The minimum absolute atomic E-state index is 0.119. The monoisotopic (exact) mass is 305 g/mol. The molecule has 0 bridgehead atoms. The average molecular weight is 305 g/mol. The van der Waals surface area contributed by atoms with Crippen molar-refractivity contribution in [3.05, 3.63) is 29.8 Å². The van der Waals surface area contributed by atoms with Gasteiger partial charge in [0.2, 0.25) is 5.91 Å². The zero-order valence-corrected chi connectivity index (χ0v) is 13.7. The van der Waals surface area contributed by atoms with Gasteiger partial charge in [0.15, 0.2) is 0 Å². The number of carbonyl (C=O) groups excluding carboxylic acids is 2. The minimum atomic E-state index is -0.523. The number of amides is 1. The first-order valence-corrected chi connectivity index (χ1v) is 7.13. The summed E-state index contributed by atoms with van der Waals surface area (Å²) in [7, 11) is 1.53. The second-order valence-corrected chi connectivity index (χ2v) is 5.71. The van der Waals surface area contributed by atoms with Crippen LogP contribution in [0.4, 0.5) is 5.69 Å². The standard InChI is InChI=1S/C17H23NO4/c1-6-22-15(19)11-10-12-13(8-7-9-14(12)21-5)18-16(20)17(2,3)4/h7-11H,6H2,1-5H3,(H,18,20)/b11-10-. The van der Waals surface area contributed by atoms with Gasteiger partial charge in [0.05, 0.1) is 19.4 Å². The summed E-state index contributed by atoms with van der Waals surface area (Å²) >= 11 is 0. The molecule has 0 unspecified atom stereocenters. The molecule has 1 rings (SSSR count). The van der Waals surface area contributed by atoms with E-state index in [1.165, 1.54) is 13.2 Å². The Morgan fingerprint density at radius 3 is 2.50 bits per heavy atom. The molecule has 22 heavy (non-hydrogen) atoms. The van der Waals surface area contributed by atoms with Crippen molar-refractivity contribution < 1.29 is 19.1 Å². The molecule has 0 aliphatic rings. The highest BCUT2D eigenvalue weighted by Gasteiger charge is 2.22. The summed E-state index contributed by atoms with van der Waals surface area (Å²) in [6.07, 6.45) is 2.89. The molecule has 0 aliphatic carbocycles. The van der Waals surface area contributed by atoms with Crippen LogP contribution in [0.25, 0.3) is 6.08 Å². The van der Waals surface area contributed by atoms with Crippen LogP contribution in [-0.2, 0) is 14.3 Å². The smallest absolute Gasteiger partial charge is 0.330 e. The molecule has 0 heterocycles. The fourth-order valence-electron chi connectivity index (χ4n) is 1.65. The average Bonchev–Trinajstić information content (AvgIpc) is 2.44. The second kappa shape index (κ2) is 7.64. The molecule has 0 saturated heterocycles. The van der Waals surface area contributed by atoms with Crippen LogP contribution in [0.2, 0.25) is 0 Å². The number of hydrogen-bond acceptors (Lipinski definition) is 4. The molecule has 0 aromatic heterocycles. The van der Waals surface area contributed by atoms with Gasteiger partial charge in [-0.15, -0.1) is 0 Å². The van der Waals surface area contributed by atoms with Crippen molar-refractivity contribution in [2.75, 3.05) is 19.0 Å². The summed E-state index contributed by atoms with van der Waals surface area (Å²) in [5.41, 5.74) is 0.682. The van der Waals surface area contributed by atoms with Gasteiger partial charge >= 0.3 is 5.97 Å². The number of nitrogens with one attached hydrogen (secondary N) is 1. The van der Waals surface area contributed by atoms with Crippen LogP contribution >= 0.6 is 0 Å². The Bertz CT molecular complexity index is 571. The molecule has 0 saturated carbocycles. The third-order valence-corrected chi connectivity index (χ3v) is 2.89. The molecule has 1 aromatic rings. The van der Waals surface area contributed by atoms with Crippen molar-refractivity contribution in [3.8, 4) is 5.75 Å². The van der Waals surface area contributed by atoms with E-state index in [0.717, 1.165) is 0 Å². The second-order valence-electron chi connectivity index (χ2n) is 5.71. The quantitative estimate of drug-likeness (QED) is 0.670. The summed E-state index contributed by atoms with van der Waals surface area (Å²) in [5, 5.41) is 2.86. The Hall–Kier alpha value is -2.30. The Morgan fingerprint density at radius 2 is 1.95 bits per heavy atom. The molecule has 5 heteroatoms. The first-order chi connectivity index (χ1) is 10.3. The maximum atomic E-state index is 12.2. The van der Waals surface area contributed by atoms with Gasteiger partial charge in [-0.3, -0.25) is 4.79 Å². The Labute approximate surface area is 131 Å². The van der Waals surface area contributed by atoms with Crippen LogP contribution in [-0.4, -0.2) is 25.6 Å². The lowest BCUT2D eigenvalue weighted by Gasteiger charge is -2.19. The fraction of sp³-hybridized carbons (Fsp3) is 0.412. The third kappa shape index (κ3) is 4.91. The topological polar surface area (TPSA) is 64.6 Å². The van der Waals surface area contributed by atoms with Crippen LogP contribution in [0.1, 0.15) is 33.3 Å².